The molecule has 1 atom stereocenters. The second-order valence-corrected chi connectivity index (χ2v) is 12.6. The average molecular weight is 616 g/mol. The van der Waals surface area contributed by atoms with Crippen molar-refractivity contribution in [1.29, 1.82) is 0 Å². The number of amides is 2. The highest BCUT2D eigenvalue weighted by atomic mass is 35.5. The van der Waals surface area contributed by atoms with Crippen molar-refractivity contribution in [1.82, 2.24) is 10.2 Å². The summed E-state index contributed by atoms with van der Waals surface area (Å²) in [7, 11) is -1.41. The molecule has 11 heteroatoms. The molecule has 0 heterocycles. The maximum absolute atomic E-state index is 14.1. The van der Waals surface area contributed by atoms with Gasteiger partial charge in [0.2, 0.25) is 11.8 Å². The fourth-order valence-electron chi connectivity index (χ4n) is 4.19. The number of nitrogens with one attached hydrogen (secondary N) is 1. The predicted octanol–water partition coefficient (Wildman–Crippen LogP) is 5.05. The van der Waals surface area contributed by atoms with Crippen LogP contribution in [-0.2, 0) is 26.2 Å². The zero-order valence-corrected chi connectivity index (χ0v) is 26.3. The first-order valence-electron chi connectivity index (χ1n) is 13.5. The monoisotopic (exact) mass is 615 g/mol. The number of hydrogen-bond acceptors (Lipinski definition) is 6. The van der Waals surface area contributed by atoms with E-state index in [1.54, 1.807) is 55.5 Å². The third kappa shape index (κ3) is 7.95. The van der Waals surface area contributed by atoms with Crippen molar-refractivity contribution >= 4 is 39.1 Å². The quantitative estimate of drug-likeness (QED) is 0.289. The van der Waals surface area contributed by atoms with E-state index in [0.717, 1.165) is 9.87 Å². The van der Waals surface area contributed by atoms with Gasteiger partial charge in [-0.15, -0.1) is 0 Å². The van der Waals surface area contributed by atoms with E-state index in [-0.39, 0.29) is 34.7 Å². The van der Waals surface area contributed by atoms with E-state index in [0.29, 0.717) is 22.9 Å². The van der Waals surface area contributed by atoms with Crippen molar-refractivity contribution < 1.29 is 27.5 Å². The molecular weight excluding hydrogens is 578 g/mol. The Balaban J connectivity index is 2.12. The third-order valence-corrected chi connectivity index (χ3v) is 8.84. The molecule has 3 aromatic rings. The molecule has 226 valence electrons. The molecule has 3 rings (SSSR count). The molecule has 0 aromatic heterocycles. The lowest BCUT2D eigenvalue weighted by Gasteiger charge is -2.32. The molecule has 0 aliphatic rings. The fourth-order valence-corrected chi connectivity index (χ4v) is 5.80. The highest BCUT2D eigenvalue weighted by molar-refractivity contribution is 7.92. The Labute approximate surface area is 253 Å². The second-order valence-electron chi connectivity index (χ2n) is 10.3. The summed E-state index contributed by atoms with van der Waals surface area (Å²) in [6.07, 6.45) is 0. The Bertz CT molecular complexity index is 1490. The largest absolute Gasteiger partial charge is 0.497 e. The number of nitrogens with zero attached hydrogens (tertiary/aromatic N) is 2. The summed E-state index contributed by atoms with van der Waals surface area (Å²) in [6, 6.07) is 17.1. The topological polar surface area (TPSA) is 105 Å². The summed E-state index contributed by atoms with van der Waals surface area (Å²) < 4.78 is 40.1. The van der Waals surface area contributed by atoms with E-state index in [1.165, 1.54) is 37.3 Å². The minimum Gasteiger partial charge on any atom is -0.497 e. The summed E-state index contributed by atoms with van der Waals surface area (Å²) in [6.45, 7) is 7.18. The molecule has 0 fully saturated rings. The van der Waals surface area contributed by atoms with Crippen LogP contribution in [0.25, 0.3) is 0 Å². The molecule has 2 amide bonds. The van der Waals surface area contributed by atoms with E-state index >= 15 is 0 Å². The smallest absolute Gasteiger partial charge is 0.264 e. The van der Waals surface area contributed by atoms with E-state index in [4.69, 9.17) is 21.1 Å². The van der Waals surface area contributed by atoms with Gasteiger partial charge in [-0.1, -0.05) is 61.3 Å². The standard InChI is InChI=1S/C31H38ClN3O6S/c1-21(2)18-33-31(37)23(4)34(19-24-9-7-8-10-27(24)32)30(36)20-35(28-17-25(40-5)13-16-29(28)41-6)42(38,39)26-14-11-22(3)12-15-26/h7-17,21,23H,18-20H2,1-6H3,(H,33,37)/t23-/m1/s1. The van der Waals surface area contributed by atoms with Gasteiger partial charge in [0.25, 0.3) is 10.0 Å². The Kier molecular flexibility index (Phi) is 11.2. The van der Waals surface area contributed by atoms with Gasteiger partial charge in [0.05, 0.1) is 24.8 Å². The van der Waals surface area contributed by atoms with Crippen molar-refractivity contribution in [2.24, 2.45) is 5.92 Å². The van der Waals surface area contributed by atoms with Gasteiger partial charge < -0.3 is 19.7 Å². The van der Waals surface area contributed by atoms with Crippen LogP contribution >= 0.6 is 11.6 Å². The van der Waals surface area contributed by atoms with Crippen LogP contribution in [0.4, 0.5) is 5.69 Å². The number of carbonyl (C=O) groups is 2. The SMILES string of the molecule is COc1ccc(OC)c(N(CC(=O)N(Cc2ccccc2Cl)[C@H](C)C(=O)NCC(C)C)S(=O)(=O)c2ccc(C)cc2)c1. The number of hydrogen-bond donors (Lipinski definition) is 1. The lowest BCUT2D eigenvalue weighted by molar-refractivity contribution is -0.139. The molecule has 0 spiro atoms. The lowest BCUT2D eigenvalue weighted by atomic mass is 10.1. The van der Waals surface area contributed by atoms with Gasteiger partial charge in [0, 0.05) is 24.2 Å². The van der Waals surface area contributed by atoms with E-state index in [2.05, 4.69) is 5.32 Å². The number of benzene rings is 3. The zero-order chi connectivity index (χ0) is 31.0. The van der Waals surface area contributed by atoms with E-state index in [9.17, 15) is 18.0 Å². The van der Waals surface area contributed by atoms with Crippen LogP contribution in [0.3, 0.4) is 0 Å². The molecular formula is C31H38ClN3O6S. The molecule has 42 heavy (non-hydrogen) atoms. The first kappa shape index (κ1) is 32.8. The molecule has 0 saturated carbocycles. The van der Waals surface area contributed by atoms with Crippen LogP contribution in [0.15, 0.2) is 71.6 Å². The van der Waals surface area contributed by atoms with Gasteiger partial charge in [0.15, 0.2) is 0 Å². The highest BCUT2D eigenvalue weighted by Gasteiger charge is 2.34. The van der Waals surface area contributed by atoms with E-state index in [1.807, 2.05) is 20.8 Å². The maximum Gasteiger partial charge on any atom is 0.264 e. The molecule has 9 nitrogen and oxygen atoms in total. The molecule has 0 aliphatic heterocycles. The van der Waals surface area contributed by atoms with E-state index < -0.39 is 28.5 Å². The number of anilines is 1. The lowest BCUT2D eigenvalue weighted by Crippen LogP contribution is -2.51. The number of sulfonamides is 1. The predicted molar refractivity (Wildman–Crippen MR) is 165 cm³/mol. The van der Waals surface area contributed by atoms with Crippen molar-refractivity contribution in [2.45, 2.75) is 45.2 Å². The third-order valence-electron chi connectivity index (χ3n) is 6.69. The summed E-state index contributed by atoms with van der Waals surface area (Å²) in [5, 5.41) is 3.28. The van der Waals surface area contributed by atoms with Crippen LogP contribution in [0.2, 0.25) is 5.02 Å². The first-order chi connectivity index (χ1) is 19.9. The van der Waals surface area contributed by atoms with Gasteiger partial charge in [-0.05, 0) is 55.7 Å². The van der Waals surface area contributed by atoms with Crippen LogP contribution in [0.1, 0.15) is 31.9 Å². The maximum atomic E-state index is 14.1. The van der Waals surface area contributed by atoms with Gasteiger partial charge in [-0.25, -0.2) is 8.42 Å². The Morgan fingerprint density at radius 2 is 1.62 bits per heavy atom. The van der Waals surface area contributed by atoms with Crippen LogP contribution < -0.4 is 19.1 Å². The number of rotatable bonds is 13. The number of methoxy groups -OCH3 is 2. The van der Waals surface area contributed by atoms with Crippen molar-refractivity contribution in [2.75, 3.05) is 31.6 Å². The van der Waals surface area contributed by atoms with Crippen LogP contribution in [0.5, 0.6) is 11.5 Å². The van der Waals surface area contributed by atoms with Gasteiger partial charge in [-0.2, -0.15) is 0 Å². The van der Waals surface area contributed by atoms with Crippen molar-refractivity contribution in [3.63, 3.8) is 0 Å². The number of carbonyl (C=O) groups excluding carboxylic acids is 2. The highest BCUT2D eigenvalue weighted by Crippen LogP contribution is 2.36. The summed E-state index contributed by atoms with van der Waals surface area (Å²) in [5.41, 5.74) is 1.60. The van der Waals surface area contributed by atoms with Crippen LogP contribution in [0, 0.1) is 12.8 Å². The summed E-state index contributed by atoms with van der Waals surface area (Å²) in [5.74, 6) is -0.181. The Hall–Kier alpha value is -3.76. The summed E-state index contributed by atoms with van der Waals surface area (Å²) in [4.78, 5) is 28.6. The Morgan fingerprint density at radius 3 is 2.21 bits per heavy atom. The van der Waals surface area contributed by atoms with Gasteiger partial charge in [-0.3, -0.25) is 13.9 Å². The van der Waals surface area contributed by atoms with Crippen molar-refractivity contribution in [3.8, 4) is 11.5 Å². The second kappa shape index (κ2) is 14.4. The average Bonchev–Trinajstić information content (AvgIpc) is 2.97. The molecule has 0 unspecified atom stereocenters. The number of aryl methyl sites for hydroxylation is 1. The molecule has 1 N–H and O–H groups in total. The fraction of sp³-hybridized carbons (Fsp3) is 0.355. The van der Waals surface area contributed by atoms with Gasteiger partial charge >= 0.3 is 0 Å². The van der Waals surface area contributed by atoms with Crippen LogP contribution in [-0.4, -0.2) is 58.5 Å². The van der Waals surface area contributed by atoms with Crippen molar-refractivity contribution in [3.05, 3.63) is 82.9 Å². The Morgan fingerprint density at radius 1 is 0.952 bits per heavy atom. The molecule has 0 saturated heterocycles. The van der Waals surface area contributed by atoms with Gasteiger partial charge in [0.1, 0.15) is 24.1 Å². The minimum absolute atomic E-state index is 0.00819. The molecule has 3 aromatic carbocycles. The minimum atomic E-state index is -4.28. The summed E-state index contributed by atoms with van der Waals surface area (Å²) >= 11 is 6.42. The zero-order valence-electron chi connectivity index (χ0n) is 24.8. The molecule has 0 aliphatic carbocycles. The molecule has 0 bridgehead atoms. The number of halogens is 1. The number of ether oxygens (including phenoxy) is 2. The molecule has 0 radical (unpaired) electrons. The normalized spacial score (nSPS) is 12.0. The first-order valence-corrected chi connectivity index (χ1v) is 15.3.